The van der Waals surface area contributed by atoms with E-state index in [9.17, 15) is 4.79 Å². The van der Waals surface area contributed by atoms with Crippen molar-refractivity contribution in [3.63, 3.8) is 0 Å². The minimum absolute atomic E-state index is 0.0241. The molecule has 1 aliphatic rings. The third kappa shape index (κ3) is 5.90. The van der Waals surface area contributed by atoms with Crippen molar-refractivity contribution in [3.8, 4) is 0 Å². The van der Waals surface area contributed by atoms with Crippen LogP contribution in [0, 0.1) is 5.92 Å². The number of unbranched alkanes of at least 4 members (excludes halogenated alkanes) is 1. The van der Waals surface area contributed by atoms with Gasteiger partial charge in [-0.3, -0.25) is 4.79 Å². The van der Waals surface area contributed by atoms with Crippen molar-refractivity contribution in [2.75, 3.05) is 26.2 Å². The van der Waals surface area contributed by atoms with Gasteiger partial charge in [0.05, 0.1) is 0 Å². The predicted molar refractivity (Wildman–Crippen MR) is 129 cm³/mol. The van der Waals surface area contributed by atoms with Crippen LogP contribution in [0.1, 0.15) is 54.6 Å². The molecule has 2 unspecified atom stereocenters. The highest BCUT2D eigenvalue weighted by molar-refractivity contribution is 6.30. The summed E-state index contributed by atoms with van der Waals surface area (Å²) in [5, 5.41) is 4.96. The topological polar surface area (TPSA) is 48.1 Å². The van der Waals surface area contributed by atoms with Gasteiger partial charge in [-0.25, -0.2) is 0 Å². The van der Waals surface area contributed by atoms with Crippen LogP contribution in [0.5, 0.6) is 0 Å². The Balaban J connectivity index is 1.17. The molecule has 1 saturated carbocycles. The van der Waals surface area contributed by atoms with Gasteiger partial charge >= 0.3 is 0 Å². The zero-order chi connectivity index (χ0) is 21.6. The van der Waals surface area contributed by atoms with E-state index < -0.39 is 0 Å². The summed E-state index contributed by atoms with van der Waals surface area (Å²) in [5.41, 5.74) is 3.02. The highest BCUT2D eigenvalue weighted by Gasteiger charge is 2.39. The Morgan fingerprint density at radius 3 is 2.81 bits per heavy atom. The van der Waals surface area contributed by atoms with Crippen LogP contribution in [0.15, 0.2) is 54.6 Å². The van der Waals surface area contributed by atoms with Crippen LogP contribution in [0.3, 0.4) is 0 Å². The summed E-state index contributed by atoms with van der Waals surface area (Å²) in [7, 11) is 0. The van der Waals surface area contributed by atoms with E-state index in [4.69, 9.17) is 11.6 Å². The van der Waals surface area contributed by atoms with Crippen molar-refractivity contribution in [3.05, 3.63) is 70.9 Å². The molecular formula is C26H32ClN3O. The van der Waals surface area contributed by atoms with Crippen LogP contribution in [0.4, 0.5) is 0 Å². The molecule has 31 heavy (non-hydrogen) atoms. The molecule has 0 spiro atoms. The zero-order valence-corrected chi connectivity index (χ0v) is 19.0. The molecule has 2 aromatic carbocycles. The summed E-state index contributed by atoms with van der Waals surface area (Å²) in [4.78, 5) is 18.2. The van der Waals surface area contributed by atoms with E-state index in [1.54, 1.807) is 0 Å². The lowest BCUT2D eigenvalue weighted by Crippen LogP contribution is -2.30. The summed E-state index contributed by atoms with van der Waals surface area (Å²) < 4.78 is 0. The molecule has 4 rings (SSSR count). The van der Waals surface area contributed by atoms with Gasteiger partial charge in [-0.1, -0.05) is 48.9 Å². The van der Waals surface area contributed by atoms with E-state index in [1.807, 2.05) is 36.4 Å². The lowest BCUT2D eigenvalue weighted by atomic mass is 10.1. The second-order valence-corrected chi connectivity index (χ2v) is 9.13. The SMILES string of the molecule is CCCN(CCCCNC(=O)c1cc2ccccc2[nH]1)CC1CC1c1cccc(Cl)c1. The van der Waals surface area contributed by atoms with Crippen LogP contribution < -0.4 is 5.32 Å². The van der Waals surface area contributed by atoms with Gasteiger partial charge in [0.15, 0.2) is 0 Å². The van der Waals surface area contributed by atoms with E-state index in [1.165, 1.54) is 18.4 Å². The van der Waals surface area contributed by atoms with Gasteiger partial charge < -0.3 is 15.2 Å². The number of para-hydroxylation sites is 1. The zero-order valence-electron chi connectivity index (χ0n) is 18.2. The quantitative estimate of drug-likeness (QED) is 0.370. The summed E-state index contributed by atoms with van der Waals surface area (Å²) >= 11 is 6.16. The van der Waals surface area contributed by atoms with Gasteiger partial charge in [0.1, 0.15) is 5.69 Å². The van der Waals surface area contributed by atoms with Crippen molar-refractivity contribution in [2.45, 2.75) is 38.5 Å². The maximum atomic E-state index is 12.4. The number of carbonyl (C=O) groups excluding carboxylic acids is 1. The number of rotatable bonds is 11. The van der Waals surface area contributed by atoms with Gasteiger partial charge in [0.25, 0.3) is 5.91 Å². The normalized spacial score (nSPS) is 17.9. The monoisotopic (exact) mass is 437 g/mol. The van der Waals surface area contributed by atoms with E-state index in [2.05, 4.69) is 40.3 Å². The number of amides is 1. The highest BCUT2D eigenvalue weighted by Crippen LogP contribution is 2.48. The molecule has 2 atom stereocenters. The molecule has 4 nitrogen and oxygen atoms in total. The standard InChI is InChI=1S/C26H32ClN3O/c1-2-13-30(18-21-16-23(21)19-9-7-10-22(27)15-19)14-6-5-12-28-26(31)25-17-20-8-3-4-11-24(20)29-25/h3-4,7-11,15,17,21,23,29H,2,5-6,12-14,16,18H2,1H3,(H,28,31). The largest absolute Gasteiger partial charge is 0.351 e. The Bertz CT molecular complexity index is 982. The fourth-order valence-corrected chi connectivity index (χ4v) is 4.69. The van der Waals surface area contributed by atoms with E-state index in [0.29, 0.717) is 18.2 Å². The van der Waals surface area contributed by atoms with Crippen molar-refractivity contribution in [1.82, 2.24) is 15.2 Å². The molecule has 1 heterocycles. The van der Waals surface area contributed by atoms with E-state index >= 15 is 0 Å². The van der Waals surface area contributed by atoms with Crippen molar-refractivity contribution in [1.29, 1.82) is 0 Å². The average Bonchev–Trinajstić information content (AvgIpc) is 3.39. The first-order valence-corrected chi connectivity index (χ1v) is 11.9. The number of hydrogen-bond acceptors (Lipinski definition) is 2. The summed E-state index contributed by atoms with van der Waals surface area (Å²) in [6, 6.07) is 18.2. The number of nitrogens with one attached hydrogen (secondary N) is 2. The van der Waals surface area contributed by atoms with Gasteiger partial charge in [0.2, 0.25) is 0 Å². The molecule has 0 saturated heterocycles. The van der Waals surface area contributed by atoms with Gasteiger partial charge in [0, 0.05) is 29.0 Å². The lowest BCUT2D eigenvalue weighted by molar-refractivity contribution is 0.0948. The number of nitrogens with zero attached hydrogens (tertiary/aromatic N) is 1. The summed E-state index contributed by atoms with van der Waals surface area (Å²) in [6.45, 7) is 6.35. The van der Waals surface area contributed by atoms with Crippen molar-refractivity contribution < 1.29 is 4.79 Å². The Labute approximate surface area is 190 Å². The Hall–Kier alpha value is -2.30. The predicted octanol–water partition coefficient (Wildman–Crippen LogP) is 5.85. The maximum Gasteiger partial charge on any atom is 0.267 e. The lowest BCUT2D eigenvalue weighted by Gasteiger charge is -2.22. The van der Waals surface area contributed by atoms with E-state index in [0.717, 1.165) is 54.3 Å². The van der Waals surface area contributed by atoms with Crippen molar-refractivity contribution >= 4 is 28.4 Å². The Kier molecular flexibility index (Phi) is 7.31. The van der Waals surface area contributed by atoms with Crippen LogP contribution >= 0.6 is 11.6 Å². The second kappa shape index (κ2) is 10.3. The number of hydrogen-bond donors (Lipinski definition) is 2. The minimum Gasteiger partial charge on any atom is -0.351 e. The number of fused-ring (bicyclic) bond motifs is 1. The highest BCUT2D eigenvalue weighted by atomic mass is 35.5. The molecular weight excluding hydrogens is 406 g/mol. The number of aromatic amines is 1. The van der Waals surface area contributed by atoms with Crippen LogP contribution in [-0.2, 0) is 0 Å². The number of aromatic nitrogens is 1. The first-order chi connectivity index (χ1) is 15.1. The average molecular weight is 438 g/mol. The number of carbonyl (C=O) groups is 1. The molecule has 0 bridgehead atoms. The third-order valence-electron chi connectivity index (χ3n) is 6.19. The molecule has 1 aliphatic carbocycles. The number of H-pyrrole nitrogens is 1. The van der Waals surface area contributed by atoms with Crippen molar-refractivity contribution in [2.24, 2.45) is 5.92 Å². The van der Waals surface area contributed by atoms with Crippen LogP contribution in [0.25, 0.3) is 10.9 Å². The molecule has 0 radical (unpaired) electrons. The first-order valence-electron chi connectivity index (χ1n) is 11.5. The number of halogens is 1. The fourth-order valence-electron chi connectivity index (χ4n) is 4.49. The number of benzene rings is 2. The third-order valence-corrected chi connectivity index (χ3v) is 6.43. The Morgan fingerprint density at radius 1 is 1.13 bits per heavy atom. The molecule has 5 heteroatoms. The minimum atomic E-state index is -0.0241. The molecule has 3 aromatic rings. The van der Waals surface area contributed by atoms with Crippen LogP contribution in [-0.4, -0.2) is 42.0 Å². The summed E-state index contributed by atoms with van der Waals surface area (Å²) in [5.74, 6) is 1.38. The fraction of sp³-hybridized carbons (Fsp3) is 0.423. The molecule has 1 amide bonds. The smallest absolute Gasteiger partial charge is 0.267 e. The molecule has 2 N–H and O–H groups in total. The maximum absolute atomic E-state index is 12.4. The first kappa shape index (κ1) is 21.9. The molecule has 164 valence electrons. The summed E-state index contributed by atoms with van der Waals surface area (Å²) in [6.07, 6.45) is 4.53. The van der Waals surface area contributed by atoms with Crippen LogP contribution in [0.2, 0.25) is 5.02 Å². The molecule has 0 aliphatic heterocycles. The molecule has 1 aromatic heterocycles. The van der Waals surface area contributed by atoms with Gasteiger partial charge in [-0.05, 0) is 80.4 Å². The second-order valence-electron chi connectivity index (χ2n) is 8.69. The van der Waals surface area contributed by atoms with Gasteiger partial charge in [-0.2, -0.15) is 0 Å². The molecule has 1 fully saturated rings. The van der Waals surface area contributed by atoms with Gasteiger partial charge in [-0.15, -0.1) is 0 Å². The van der Waals surface area contributed by atoms with E-state index in [-0.39, 0.29) is 5.91 Å². The Morgan fingerprint density at radius 2 is 2.00 bits per heavy atom.